The number of hydrogen-bond acceptors (Lipinski definition) is 1. The van der Waals surface area contributed by atoms with Crippen LogP contribution in [0.4, 0.5) is 8.78 Å². The van der Waals surface area contributed by atoms with Crippen LogP contribution in [0.2, 0.25) is 0 Å². The van der Waals surface area contributed by atoms with Crippen molar-refractivity contribution in [1.82, 2.24) is 0 Å². The molecule has 0 N–H and O–H groups in total. The van der Waals surface area contributed by atoms with Crippen LogP contribution in [-0.4, -0.2) is 11.1 Å². The molecule has 4 heteroatoms. The van der Waals surface area contributed by atoms with Gasteiger partial charge in [0.2, 0.25) is 0 Å². The van der Waals surface area contributed by atoms with E-state index < -0.39 is 11.6 Å². The van der Waals surface area contributed by atoms with E-state index >= 15 is 0 Å². The number of carbonyl (C=O) groups excluding carboxylic acids is 1. The predicted octanol–water partition coefficient (Wildman–Crippen LogP) is 3.71. The van der Waals surface area contributed by atoms with E-state index in [0.717, 1.165) is 17.8 Å². The number of alkyl halides is 1. The van der Waals surface area contributed by atoms with Gasteiger partial charge in [0.1, 0.15) is 0 Å². The van der Waals surface area contributed by atoms with Crippen LogP contribution >= 0.6 is 15.9 Å². The Bertz CT molecular complexity index is 352. The molecule has 0 saturated heterocycles. The second-order valence-electron chi connectivity index (χ2n) is 3.17. The van der Waals surface area contributed by atoms with Crippen molar-refractivity contribution in [1.29, 1.82) is 0 Å². The third-order valence-corrected chi connectivity index (χ3v) is 2.60. The quantitative estimate of drug-likeness (QED) is 0.455. The Balaban J connectivity index is 2.69. The summed E-state index contributed by atoms with van der Waals surface area (Å²) in [4.78, 5) is 11.5. The third kappa shape index (κ3) is 3.38. The van der Waals surface area contributed by atoms with Crippen molar-refractivity contribution in [2.45, 2.75) is 19.3 Å². The van der Waals surface area contributed by atoms with Crippen LogP contribution in [0.3, 0.4) is 0 Å². The van der Waals surface area contributed by atoms with Crippen molar-refractivity contribution in [2.75, 3.05) is 5.33 Å². The van der Waals surface area contributed by atoms with E-state index in [-0.39, 0.29) is 17.8 Å². The van der Waals surface area contributed by atoms with Crippen LogP contribution in [0, 0.1) is 11.6 Å². The smallest absolute Gasteiger partial charge is 0.169 e. The molecule has 1 aromatic rings. The van der Waals surface area contributed by atoms with E-state index in [1.165, 1.54) is 12.1 Å². The standard InChI is InChI=1S/C11H11BrF2O/c12-7-2-1-6-10(15)8-4-3-5-9(13)11(8)14/h3-5H,1-2,6-7H2. The van der Waals surface area contributed by atoms with E-state index in [1.807, 2.05) is 0 Å². The Morgan fingerprint density at radius 1 is 1.27 bits per heavy atom. The maximum absolute atomic E-state index is 13.2. The molecular weight excluding hydrogens is 266 g/mol. The van der Waals surface area contributed by atoms with Crippen molar-refractivity contribution in [2.24, 2.45) is 0 Å². The molecule has 1 nitrogen and oxygen atoms in total. The molecule has 1 aromatic carbocycles. The van der Waals surface area contributed by atoms with E-state index in [0.29, 0.717) is 6.42 Å². The minimum atomic E-state index is -1.04. The summed E-state index contributed by atoms with van der Waals surface area (Å²) in [6.45, 7) is 0. The van der Waals surface area contributed by atoms with Crippen LogP contribution in [-0.2, 0) is 0 Å². The van der Waals surface area contributed by atoms with Crippen LogP contribution in [0.1, 0.15) is 29.6 Å². The molecule has 82 valence electrons. The molecular formula is C11H11BrF2O. The molecule has 0 unspecified atom stereocenters. The van der Waals surface area contributed by atoms with Crippen molar-refractivity contribution < 1.29 is 13.6 Å². The number of hydrogen-bond donors (Lipinski definition) is 0. The largest absolute Gasteiger partial charge is 0.294 e. The average Bonchev–Trinajstić information content (AvgIpc) is 2.22. The van der Waals surface area contributed by atoms with Gasteiger partial charge in [-0.3, -0.25) is 4.79 Å². The summed E-state index contributed by atoms with van der Waals surface area (Å²) in [5, 5.41) is 0.811. The normalized spacial score (nSPS) is 10.3. The number of ketones is 1. The lowest BCUT2D eigenvalue weighted by molar-refractivity contribution is 0.0975. The van der Waals surface area contributed by atoms with Gasteiger partial charge in [0.15, 0.2) is 17.4 Å². The Kier molecular flexibility index (Phi) is 4.88. The van der Waals surface area contributed by atoms with Gasteiger partial charge >= 0.3 is 0 Å². The molecule has 1 rings (SSSR count). The summed E-state index contributed by atoms with van der Waals surface area (Å²) >= 11 is 3.24. The van der Waals surface area contributed by atoms with Crippen LogP contribution in [0.25, 0.3) is 0 Å². The Morgan fingerprint density at radius 2 is 2.00 bits per heavy atom. The first kappa shape index (κ1) is 12.3. The van der Waals surface area contributed by atoms with Gasteiger partial charge in [0.25, 0.3) is 0 Å². The zero-order chi connectivity index (χ0) is 11.3. The lowest BCUT2D eigenvalue weighted by Gasteiger charge is -2.02. The molecule has 0 saturated carbocycles. The number of halogens is 3. The van der Waals surface area contributed by atoms with E-state index in [9.17, 15) is 13.6 Å². The lowest BCUT2D eigenvalue weighted by Crippen LogP contribution is -2.04. The van der Waals surface area contributed by atoms with Gasteiger partial charge in [-0.2, -0.15) is 0 Å². The SMILES string of the molecule is O=C(CCCCBr)c1cccc(F)c1F. The predicted molar refractivity (Wildman–Crippen MR) is 58.3 cm³/mol. The Morgan fingerprint density at radius 3 is 2.67 bits per heavy atom. The van der Waals surface area contributed by atoms with Crippen LogP contribution in [0.5, 0.6) is 0 Å². The van der Waals surface area contributed by atoms with Gasteiger partial charge < -0.3 is 0 Å². The summed E-state index contributed by atoms with van der Waals surface area (Å²) in [5.41, 5.74) is -0.149. The molecule has 0 heterocycles. The summed E-state index contributed by atoms with van der Waals surface area (Å²) in [6.07, 6.45) is 1.79. The van der Waals surface area contributed by atoms with Gasteiger partial charge in [0, 0.05) is 11.8 Å². The first-order valence-corrected chi connectivity index (χ1v) is 5.82. The second-order valence-corrected chi connectivity index (χ2v) is 3.96. The molecule has 0 aliphatic rings. The molecule has 0 atom stereocenters. The second kappa shape index (κ2) is 5.95. The average molecular weight is 277 g/mol. The topological polar surface area (TPSA) is 17.1 Å². The molecule has 0 fully saturated rings. The number of rotatable bonds is 5. The highest BCUT2D eigenvalue weighted by molar-refractivity contribution is 9.09. The maximum atomic E-state index is 13.2. The zero-order valence-corrected chi connectivity index (χ0v) is 9.69. The zero-order valence-electron chi connectivity index (χ0n) is 8.10. The Hall–Kier alpha value is -0.770. The monoisotopic (exact) mass is 276 g/mol. The van der Waals surface area contributed by atoms with Crippen LogP contribution < -0.4 is 0 Å². The van der Waals surface area contributed by atoms with Crippen molar-refractivity contribution in [3.63, 3.8) is 0 Å². The highest BCUT2D eigenvalue weighted by atomic mass is 79.9. The van der Waals surface area contributed by atoms with E-state index in [1.54, 1.807) is 0 Å². The lowest BCUT2D eigenvalue weighted by atomic mass is 10.1. The fourth-order valence-corrected chi connectivity index (χ4v) is 1.63. The van der Waals surface area contributed by atoms with E-state index in [4.69, 9.17) is 0 Å². The molecule has 0 aliphatic carbocycles. The Labute approximate surface area is 95.6 Å². The molecule has 0 bridgehead atoms. The van der Waals surface area contributed by atoms with Gasteiger partial charge in [-0.1, -0.05) is 22.0 Å². The number of carbonyl (C=O) groups is 1. The number of benzene rings is 1. The maximum Gasteiger partial charge on any atom is 0.169 e. The number of unbranched alkanes of at least 4 members (excludes halogenated alkanes) is 1. The summed E-state index contributed by atoms with van der Waals surface area (Å²) in [6, 6.07) is 3.66. The summed E-state index contributed by atoms with van der Waals surface area (Å²) in [7, 11) is 0. The fourth-order valence-electron chi connectivity index (χ4n) is 1.23. The first-order chi connectivity index (χ1) is 7.16. The van der Waals surface area contributed by atoms with Gasteiger partial charge in [-0.15, -0.1) is 0 Å². The highest BCUT2D eigenvalue weighted by Crippen LogP contribution is 2.14. The van der Waals surface area contributed by atoms with E-state index in [2.05, 4.69) is 15.9 Å². The van der Waals surface area contributed by atoms with Gasteiger partial charge in [-0.25, -0.2) is 8.78 Å². The van der Waals surface area contributed by atoms with Crippen LogP contribution in [0.15, 0.2) is 18.2 Å². The minimum Gasteiger partial charge on any atom is -0.294 e. The highest BCUT2D eigenvalue weighted by Gasteiger charge is 2.14. The summed E-state index contributed by atoms with van der Waals surface area (Å²) in [5.74, 6) is -2.35. The molecule has 15 heavy (non-hydrogen) atoms. The molecule has 0 aliphatic heterocycles. The van der Waals surface area contributed by atoms with Gasteiger partial charge in [0.05, 0.1) is 5.56 Å². The number of Topliss-reactive ketones (excluding diaryl/α,β-unsaturated/α-hetero) is 1. The van der Waals surface area contributed by atoms with Crippen molar-refractivity contribution >= 4 is 21.7 Å². The molecule has 0 spiro atoms. The first-order valence-electron chi connectivity index (χ1n) is 4.70. The third-order valence-electron chi connectivity index (χ3n) is 2.04. The summed E-state index contributed by atoms with van der Waals surface area (Å²) < 4.78 is 25.9. The molecule has 0 amide bonds. The minimum absolute atomic E-state index is 0.149. The van der Waals surface area contributed by atoms with Gasteiger partial charge in [-0.05, 0) is 25.0 Å². The fraction of sp³-hybridized carbons (Fsp3) is 0.364. The molecule has 0 aromatic heterocycles. The molecule has 0 radical (unpaired) electrons. The van der Waals surface area contributed by atoms with Crippen molar-refractivity contribution in [3.05, 3.63) is 35.4 Å². The van der Waals surface area contributed by atoms with Crippen molar-refractivity contribution in [3.8, 4) is 0 Å².